The van der Waals surface area contributed by atoms with Crippen molar-refractivity contribution in [3.8, 4) is 22.9 Å². The van der Waals surface area contributed by atoms with Crippen LogP contribution in [0.3, 0.4) is 0 Å². The van der Waals surface area contributed by atoms with Crippen LogP contribution in [-0.4, -0.2) is 33.0 Å². The van der Waals surface area contributed by atoms with Gasteiger partial charge in [0.2, 0.25) is 5.88 Å². The Labute approximate surface area is 143 Å². The second kappa shape index (κ2) is 7.18. The SMILES string of the molecule is Cn1nc(-c2cc(OC(Cl)C(=O)O)ccc2F)c(Cl)c1OC(F)F. The fourth-order valence-corrected chi connectivity index (χ4v) is 2.21. The topological polar surface area (TPSA) is 73.6 Å². The molecule has 0 amide bonds. The molecule has 0 radical (unpaired) electrons. The van der Waals surface area contributed by atoms with E-state index in [-0.39, 0.29) is 22.0 Å². The monoisotopic (exact) mass is 384 g/mol. The number of carboxylic acid groups (broad SMARTS) is 1. The molecule has 1 N–H and O–H groups in total. The van der Waals surface area contributed by atoms with Gasteiger partial charge in [-0.25, -0.2) is 13.9 Å². The van der Waals surface area contributed by atoms with E-state index in [1.807, 2.05) is 0 Å². The average molecular weight is 385 g/mol. The number of aryl methyl sites for hydroxylation is 1. The van der Waals surface area contributed by atoms with Gasteiger partial charge < -0.3 is 14.6 Å². The lowest BCUT2D eigenvalue weighted by Gasteiger charge is -2.10. The van der Waals surface area contributed by atoms with Crippen LogP contribution in [0.4, 0.5) is 13.2 Å². The van der Waals surface area contributed by atoms with Gasteiger partial charge in [0, 0.05) is 12.6 Å². The van der Waals surface area contributed by atoms with Crippen molar-refractivity contribution in [2.45, 2.75) is 12.2 Å². The zero-order valence-electron chi connectivity index (χ0n) is 11.8. The van der Waals surface area contributed by atoms with Crippen LogP contribution in [0, 0.1) is 5.82 Å². The van der Waals surface area contributed by atoms with Gasteiger partial charge in [-0.15, -0.1) is 0 Å². The number of benzene rings is 1. The molecule has 0 aliphatic rings. The number of nitrogens with zero attached hydrogens (tertiary/aromatic N) is 2. The molecular formula is C13H9Cl2F3N2O4. The molecule has 1 aromatic carbocycles. The standard InChI is InChI=1S/C13H9Cl2F3N2O4/c1-20-11(24-13(17)18)8(14)9(19-20)6-4-5(2-3-7(6)16)23-10(15)12(21)22/h2-4,10,13H,1H3,(H,21,22). The smallest absolute Gasteiger partial charge is 0.388 e. The number of alkyl halides is 3. The van der Waals surface area contributed by atoms with Crippen LogP contribution in [0.25, 0.3) is 11.3 Å². The summed E-state index contributed by atoms with van der Waals surface area (Å²) in [5, 5.41) is 12.2. The Morgan fingerprint density at radius 1 is 1.38 bits per heavy atom. The van der Waals surface area contributed by atoms with Gasteiger partial charge in [0.1, 0.15) is 22.3 Å². The van der Waals surface area contributed by atoms with Crippen molar-refractivity contribution in [3.05, 3.63) is 29.0 Å². The Morgan fingerprint density at radius 2 is 2.04 bits per heavy atom. The van der Waals surface area contributed by atoms with Crippen LogP contribution in [-0.2, 0) is 11.8 Å². The zero-order valence-corrected chi connectivity index (χ0v) is 13.4. The molecule has 1 atom stereocenters. The number of rotatable bonds is 6. The summed E-state index contributed by atoms with van der Waals surface area (Å²) in [5.74, 6) is -2.75. The Balaban J connectivity index is 2.43. The van der Waals surface area contributed by atoms with Crippen LogP contribution in [0.15, 0.2) is 18.2 Å². The molecule has 1 aromatic heterocycles. The number of carbonyl (C=O) groups is 1. The summed E-state index contributed by atoms with van der Waals surface area (Å²) >= 11 is 11.4. The van der Waals surface area contributed by atoms with E-state index in [0.29, 0.717) is 0 Å². The number of halogens is 5. The molecule has 0 fully saturated rings. The number of hydrogen-bond donors (Lipinski definition) is 1. The third kappa shape index (κ3) is 3.85. The number of ether oxygens (including phenoxy) is 2. The van der Waals surface area contributed by atoms with Crippen LogP contribution in [0.5, 0.6) is 11.6 Å². The molecule has 0 saturated carbocycles. The molecule has 2 aromatic rings. The van der Waals surface area contributed by atoms with Gasteiger partial charge in [0.05, 0.1) is 0 Å². The summed E-state index contributed by atoms with van der Waals surface area (Å²) in [6.07, 6.45) is 0. The first-order valence-electron chi connectivity index (χ1n) is 6.21. The van der Waals surface area contributed by atoms with Crippen LogP contribution in [0.1, 0.15) is 0 Å². The number of aromatic nitrogens is 2. The highest BCUT2D eigenvalue weighted by Gasteiger charge is 2.23. The van der Waals surface area contributed by atoms with E-state index < -0.39 is 29.8 Å². The first-order chi connectivity index (χ1) is 11.2. The van der Waals surface area contributed by atoms with Crippen molar-refractivity contribution in [1.82, 2.24) is 9.78 Å². The Kier molecular flexibility index (Phi) is 5.45. The second-order valence-electron chi connectivity index (χ2n) is 4.38. The molecule has 0 saturated heterocycles. The first kappa shape index (κ1) is 18.2. The third-order valence-corrected chi connectivity index (χ3v) is 3.38. The highest BCUT2D eigenvalue weighted by molar-refractivity contribution is 6.34. The Hall–Kier alpha value is -2.13. The Bertz CT molecular complexity index is 770. The normalized spacial score (nSPS) is 12.3. The summed E-state index contributed by atoms with van der Waals surface area (Å²) in [5.41, 5.74) is -2.08. The van der Waals surface area contributed by atoms with E-state index in [2.05, 4.69) is 9.84 Å². The molecule has 0 aliphatic heterocycles. The summed E-state index contributed by atoms with van der Waals surface area (Å²) in [7, 11) is 1.28. The molecule has 1 unspecified atom stereocenters. The maximum absolute atomic E-state index is 14.0. The van der Waals surface area contributed by atoms with Gasteiger partial charge in [0.15, 0.2) is 0 Å². The minimum absolute atomic E-state index is 0.0770. The minimum Gasteiger partial charge on any atom is -0.478 e. The van der Waals surface area contributed by atoms with Gasteiger partial charge in [-0.2, -0.15) is 13.9 Å². The maximum atomic E-state index is 14.0. The van der Waals surface area contributed by atoms with E-state index >= 15 is 0 Å². The Morgan fingerprint density at radius 3 is 2.62 bits per heavy atom. The quantitative estimate of drug-likeness (QED) is 0.771. The molecule has 11 heteroatoms. The summed E-state index contributed by atoms with van der Waals surface area (Å²) in [6, 6.07) is 3.20. The minimum atomic E-state index is -3.14. The molecule has 0 bridgehead atoms. The largest absolute Gasteiger partial charge is 0.478 e. The fourth-order valence-electron chi connectivity index (χ4n) is 1.80. The van der Waals surface area contributed by atoms with Crippen molar-refractivity contribution < 1.29 is 32.5 Å². The number of hydrogen-bond acceptors (Lipinski definition) is 4. The van der Waals surface area contributed by atoms with E-state index in [4.69, 9.17) is 33.0 Å². The zero-order chi connectivity index (χ0) is 18.0. The predicted molar refractivity (Wildman–Crippen MR) is 78.1 cm³/mol. The molecule has 130 valence electrons. The van der Waals surface area contributed by atoms with Crippen molar-refractivity contribution in [2.75, 3.05) is 0 Å². The van der Waals surface area contributed by atoms with Crippen molar-refractivity contribution in [2.24, 2.45) is 7.05 Å². The van der Waals surface area contributed by atoms with E-state index in [1.165, 1.54) is 7.05 Å². The second-order valence-corrected chi connectivity index (χ2v) is 5.16. The lowest BCUT2D eigenvalue weighted by atomic mass is 10.1. The molecule has 1 heterocycles. The lowest BCUT2D eigenvalue weighted by molar-refractivity contribution is -0.141. The molecule has 0 aliphatic carbocycles. The first-order valence-corrected chi connectivity index (χ1v) is 7.03. The summed E-state index contributed by atoms with van der Waals surface area (Å²) in [4.78, 5) is 10.7. The van der Waals surface area contributed by atoms with Gasteiger partial charge in [-0.05, 0) is 18.2 Å². The fraction of sp³-hybridized carbons (Fsp3) is 0.231. The molecule has 6 nitrogen and oxygen atoms in total. The van der Waals surface area contributed by atoms with Crippen LogP contribution >= 0.6 is 23.2 Å². The van der Waals surface area contributed by atoms with E-state index in [0.717, 1.165) is 22.9 Å². The van der Waals surface area contributed by atoms with Crippen molar-refractivity contribution in [1.29, 1.82) is 0 Å². The van der Waals surface area contributed by atoms with Gasteiger partial charge in [-0.1, -0.05) is 23.2 Å². The van der Waals surface area contributed by atoms with Crippen LogP contribution in [0.2, 0.25) is 5.02 Å². The van der Waals surface area contributed by atoms with Gasteiger partial charge in [0.25, 0.3) is 5.56 Å². The molecule has 24 heavy (non-hydrogen) atoms. The maximum Gasteiger partial charge on any atom is 0.388 e. The lowest BCUT2D eigenvalue weighted by Crippen LogP contribution is -2.20. The van der Waals surface area contributed by atoms with Crippen molar-refractivity contribution in [3.63, 3.8) is 0 Å². The van der Waals surface area contributed by atoms with E-state index in [1.54, 1.807) is 0 Å². The number of aliphatic carboxylic acids is 1. The van der Waals surface area contributed by atoms with Crippen molar-refractivity contribution >= 4 is 29.2 Å². The van der Waals surface area contributed by atoms with Gasteiger partial charge >= 0.3 is 12.6 Å². The molecule has 0 spiro atoms. The predicted octanol–water partition coefficient (Wildman–Crippen LogP) is 3.51. The summed E-state index contributed by atoms with van der Waals surface area (Å²) < 4.78 is 48.8. The average Bonchev–Trinajstić information content (AvgIpc) is 2.76. The van der Waals surface area contributed by atoms with Crippen LogP contribution < -0.4 is 9.47 Å². The molecular weight excluding hydrogens is 376 g/mol. The summed E-state index contributed by atoms with van der Waals surface area (Å²) in [6.45, 7) is -3.14. The van der Waals surface area contributed by atoms with E-state index in [9.17, 15) is 18.0 Å². The van der Waals surface area contributed by atoms with Gasteiger partial charge in [-0.3, -0.25) is 0 Å². The highest BCUT2D eigenvalue weighted by atomic mass is 35.5. The number of carboxylic acids is 1. The third-order valence-electron chi connectivity index (χ3n) is 2.77. The highest BCUT2D eigenvalue weighted by Crippen LogP contribution is 2.37. The molecule has 2 rings (SSSR count).